The molecule has 1 N–H and O–H groups in total. The SMILES string of the molecule is N=COC(=O)C1CCC(=Cc2ccccc2)CC1. The molecule has 0 aromatic heterocycles. The van der Waals surface area contributed by atoms with E-state index in [1.54, 1.807) is 0 Å². The molecule has 0 spiro atoms. The van der Waals surface area contributed by atoms with Crippen molar-refractivity contribution in [3.63, 3.8) is 0 Å². The molecule has 1 saturated carbocycles. The van der Waals surface area contributed by atoms with E-state index in [1.165, 1.54) is 11.1 Å². The third-order valence-electron chi connectivity index (χ3n) is 3.31. The van der Waals surface area contributed by atoms with Crippen LogP contribution in [0.1, 0.15) is 31.2 Å². The van der Waals surface area contributed by atoms with Crippen LogP contribution in [0, 0.1) is 11.3 Å². The van der Waals surface area contributed by atoms with Crippen molar-refractivity contribution in [1.82, 2.24) is 0 Å². The zero-order valence-corrected chi connectivity index (χ0v) is 10.3. The van der Waals surface area contributed by atoms with Crippen LogP contribution in [-0.2, 0) is 9.53 Å². The average Bonchev–Trinajstić information content (AvgIpc) is 2.41. The van der Waals surface area contributed by atoms with Gasteiger partial charge in [-0.25, -0.2) is 0 Å². The van der Waals surface area contributed by atoms with E-state index >= 15 is 0 Å². The number of carbonyl (C=O) groups is 1. The summed E-state index contributed by atoms with van der Waals surface area (Å²) in [5.41, 5.74) is 2.60. The van der Waals surface area contributed by atoms with Crippen molar-refractivity contribution in [1.29, 1.82) is 5.41 Å². The van der Waals surface area contributed by atoms with E-state index in [4.69, 9.17) is 5.41 Å². The molecule has 0 atom stereocenters. The van der Waals surface area contributed by atoms with Gasteiger partial charge in [0.15, 0.2) is 6.40 Å². The van der Waals surface area contributed by atoms with Gasteiger partial charge in [-0.3, -0.25) is 10.2 Å². The largest absolute Gasteiger partial charge is 0.415 e. The Hall–Kier alpha value is -1.90. The molecule has 2 rings (SSSR count). The monoisotopic (exact) mass is 243 g/mol. The maximum Gasteiger partial charge on any atom is 0.315 e. The Morgan fingerprint density at radius 1 is 1.22 bits per heavy atom. The van der Waals surface area contributed by atoms with E-state index in [9.17, 15) is 4.79 Å². The molecule has 3 heteroatoms. The summed E-state index contributed by atoms with van der Waals surface area (Å²) in [6.07, 6.45) is 6.45. The number of ether oxygens (including phenoxy) is 1. The third-order valence-corrected chi connectivity index (χ3v) is 3.31. The maximum atomic E-state index is 11.5. The number of hydrogen-bond donors (Lipinski definition) is 1. The fourth-order valence-corrected chi connectivity index (χ4v) is 2.31. The Morgan fingerprint density at radius 3 is 2.50 bits per heavy atom. The van der Waals surface area contributed by atoms with E-state index in [0.717, 1.165) is 32.1 Å². The van der Waals surface area contributed by atoms with Crippen LogP contribution in [0.2, 0.25) is 0 Å². The minimum Gasteiger partial charge on any atom is -0.415 e. The summed E-state index contributed by atoms with van der Waals surface area (Å²) in [6, 6.07) is 10.2. The van der Waals surface area contributed by atoms with Gasteiger partial charge in [-0.05, 0) is 31.2 Å². The number of carbonyl (C=O) groups excluding carboxylic acids is 1. The van der Waals surface area contributed by atoms with E-state index in [0.29, 0.717) is 0 Å². The summed E-state index contributed by atoms with van der Waals surface area (Å²) in [4.78, 5) is 11.5. The Labute approximate surface area is 107 Å². The first-order chi connectivity index (χ1) is 8.79. The molecular formula is C15H17NO2. The third kappa shape index (κ3) is 3.29. The van der Waals surface area contributed by atoms with Gasteiger partial charge in [0.05, 0.1) is 5.92 Å². The normalized spacial score (nSPS) is 19.1. The van der Waals surface area contributed by atoms with Gasteiger partial charge in [0, 0.05) is 0 Å². The maximum absolute atomic E-state index is 11.5. The van der Waals surface area contributed by atoms with Gasteiger partial charge in [-0.15, -0.1) is 0 Å². The number of benzene rings is 1. The van der Waals surface area contributed by atoms with Gasteiger partial charge < -0.3 is 4.74 Å². The van der Waals surface area contributed by atoms with Crippen LogP contribution >= 0.6 is 0 Å². The zero-order chi connectivity index (χ0) is 12.8. The summed E-state index contributed by atoms with van der Waals surface area (Å²) >= 11 is 0. The molecule has 0 heterocycles. The molecule has 18 heavy (non-hydrogen) atoms. The van der Waals surface area contributed by atoms with Crippen LogP contribution in [0.15, 0.2) is 35.9 Å². The van der Waals surface area contributed by atoms with Crippen LogP contribution < -0.4 is 0 Å². The van der Waals surface area contributed by atoms with E-state index < -0.39 is 0 Å². The summed E-state index contributed by atoms with van der Waals surface area (Å²) in [5, 5.41) is 6.76. The van der Waals surface area contributed by atoms with Crippen LogP contribution in [0.4, 0.5) is 0 Å². The molecule has 1 aromatic rings. The number of esters is 1. The summed E-state index contributed by atoms with van der Waals surface area (Å²) in [6.45, 7) is 0. The van der Waals surface area contributed by atoms with E-state index in [1.807, 2.05) is 18.2 Å². The number of allylic oxidation sites excluding steroid dienone is 1. The predicted octanol–water partition coefficient (Wildman–Crippen LogP) is 3.41. The molecule has 0 unspecified atom stereocenters. The minimum absolute atomic E-state index is 0.0421. The topological polar surface area (TPSA) is 50.1 Å². The first-order valence-electron chi connectivity index (χ1n) is 6.23. The summed E-state index contributed by atoms with van der Waals surface area (Å²) in [7, 11) is 0. The Kier molecular flexibility index (Phi) is 4.29. The molecular weight excluding hydrogens is 226 g/mol. The molecule has 0 saturated heterocycles. The second kappa shape index (κ2) is 6.15. The second-order valence-electron chi connectivity index (χ2n) is 4.54. The zero-order valence-electron chi connectivity index (χ0n) is 10.3. The standard InChI is InChI=1S/C15H17NO2/c16-11-18-15(17)14-8-6-13(7-9-14)10-12-4-2-1-3-5-12/h1-5,10-11,14,16H,6-9H2. The molecule has 0 aliphatic heterocycles. The van der Waals surface area contributed by atoms with Crippen molar-refractivity contribution in [2.75, 3.05) is 0 Å². The number of rotatable bonds is 3. The highest BCUT2D eigenvalue weighted by Crippen LogP contribution is 2.30. The van der Waals surface area contributed by atoms with E-state index in [-0.39, 0.29) is 11.9 Å². The average molecular weight is 243 g/mol. The van der Waals surface area contributed by atoms with Crippen molar-refractivity contribution >= 4 is 18.4 Å². The van der Waals surface area contributed by atoms with Crippen LogP contribution in [0.3, 0.4) is 0 Å². The van der Waals surface area contributed by atoms with Gasteiger partial charge >= 0.3 is 5.97 Å². The molecule has 0 radical (unpaired) electrons. The van der Waals surface area contributed by atoms with Crippen LogP contribution in [0.5, 0.6) is 0 Å². The van der Waals surface area contributed by atoms with Gasteiger partial charge in [0.2, 0.25) is 0 Å². The van der Waals surface area contributed by atoms with Crippen molar-refractivity contribution in [2.24, 2.45) is 5.92 Å². The van der Waals surface area contributed by atoms with Crippen molar-refractivity contribution < 1.29 is 9.53 Å². The molecule has 1 aliphatic rings. The minimum atomic E-state index is -0.260. The van der Waals surface area contributed by atoms with Crippen LogP contribution in [-0.4, -0.2) is 12.4 Å². The van der Waals surface area contributed by atoms with Crippen molar-refractivity contribution in [3.8, 4) is 0 Å². The molecule has 1 aromatic carbocycles. The highest BCUT2D eigenvalue weighted by molar-refractivity contribution is 5.79. The first kappa shape index (κ1) is 12.6. The molecule has 1 fully saturated rings. The number of nitrogens with one attached hydrogen (secondary N) is 1. The molecule has 0 bridgehead atoms. The van der Waals surface area contributed by atoms with Gasteiger partial charge in [-0.1, -0.05) is 42.0 Å². The smallest absolute Gasteiger partial charge is 0.315 e. The quantitative estimate of drug-likeness (QED) is 0.502. The lowest BCUT2D eigenvalue weighted by atomic mass is 9.85. The molecule has 0 amide bonds. The van der Waals surface area contributed by atoms with Crippen molar-refractivity contribution in [2.45, 2.75) is 25.7 Å². The Morgan fingerprint density at radius 2 is 1.89 bits per heavy atom. The fraction of sp³-hybridized carbons (Fsp3) is 0.333. The Balaban J connectivity index is 1.92. The predicted molar refractivity (Wildman–Crippen MR) is 71.3 cm³/mol. The summed E-state index contributed by atoms with van der Waals surface area (Å²) < 4.78 is 4.62. The van der Waals surface area contributed by atoms with Crippen molar-refractivity contribution in [3.05, 3.63) is 41.5 Å². The number of hydrogen-bond acceptors (Lipinski definition) is 3. The lowest BCUT2D eigenvalue weighted by Gasteiger charge is -2.21. The van der Waals surface area contributed by atoms with Gasteiger partial charge in [-0.2, -0.15) is 0 Å². The fourth-order valence-electron chi connectivity index (χ4n) is 2.31. The van der Waals surface area contributed by atoms with Crippen LogP contribution in [0.25, 0.3) is 6.08 Å². The lowest BCUT2D eigenvalue weighted by molar-refractivity contribution is -0.140. The van der Waals surface area contributed by atoms with Gasteiger partial charge in [0.1, 0.15) is 0 Å². The highest BCUT2D eigenvalue weighted by atomic mass is 16.5. The molecule has 3 nitrogen and oxygen atoms in total. The van der Waals surface area contributed by atoms with E-state index in [2.05, 4.69) is 22.9 Å². The second-order valence-corrected chi connectivity index (χ2v) is 4.54. The molecule has 1 aliphatic carbocycles. The highest BCUT2D eigenvalue weighted by Gasteiger charge is 2.24. The Bertz CT molecular complexity index is 441. The van der Waals surface area contributed by atoms with Gasteiger partial charge in [0.25, 0.3) is 0 Å². The lowest BCUT2D eigenvalue weighted by Crippen LogP contribution is -2.20. The summed E-state index contributed by atoms with van der Waals surface area (Å²) in [5.74, 6) is -0.303. The molecule has 94 valence electrons. The first-order valence-corrected chi connectivity index (χ1v) is 6.23.